The fourth-order valence-electron chi connectivity index (χ4n) is 1.81. The van der Waals surface area contributed by atoms with E-state index in [-0.39, 0.29) is 18.9 Å². The molecule has 0 aliphatic carbocycles. The second-order valence-corrected chi connectivity index (χ2v) is 5.94. The molecule has 0 aromatic heterocycles. The van der Waals surface area contributed by atoms with Crippen molar-refractivity contribution in [3.05, 3.63) is 26.2 Å². The third kappa shape index (κ3) is 2.62. The molecular weight excluding hydrogens is 401 g/mol. The first kappa shape index (κ1) is 12.8. The quantitative estimate of drug-likeness (QED) is 0.763. The Morgan fingerprint density at radius 3 is 2.76 bits per heavy atom. The van der Waals surface area contributed by atoms with Gasteiger partial charge in [-0.1, -0.05) is 0 Å². The van der Waals surface area contributed by atoms with Crippen LogP contribution in [0.1, 0.15) is 6.42 Å². The number of anilines is 1. The predicted molar refractivity (Wildman–Crippen MR) is 75.0 cm³/mol. The first-order valence-electron chi connectivity index (χ1n) is 4.97. The minimum Gasteiger partial charge on any atom is -0.481 e. The average molecular weight is 410 g/mol. The summed E-state index contributed by atoms with van der Waals surface area (Å²) in [6.45, 7) is 0.243. The standard InChI is InChI=1S/C11H9BrINO3/c12-8-4-7(13)1-2-9(8)14-5-6(11(16)17)3-10(14)15/h1-2,4,6H,3,5H2,(H,16,17). The van der Waals surface area contributed by atoms with Crippen LogP contribution in [0.3, 0.4) is 0 Å². The third-order valence-corrected chi connectivity index (χ3v) is 3.98. The summed E-state index contributed by atoms with van der Waals surface area (Å²) < 4.78 is 1.86. The van der Waals surface area contributed by atoms with Gasteiger partial charge in [-0.2, -0.15) is 0 Å². The molecule has 1 aliphatic heterocycles. The number of rotatable bonds is 2. The highest BCUT2D eigenvalue weighted by atomic mass is 127. The Labute approximate surface area is 120 Å². The van der Waals surface area contributed by atoms with Gasteiger partial charge in [-0.25, -0.2) is 0 Å². The van der Waals surface area contributed by atoms with Gasteiger partial charge in [-0.05, 0) is 56.7 Å². The summed E-state index contributed by atoms with van der Waals surface area (Å²) in [4.78, 5) is 24.2. The molecule has 0 spiro atoms. The van der Waals surface area contributed by atoms with Gasteiger partial charge in [-0.3, -0.25) is 9.59 Å². The van der Waals surface area contributed by atoms with Gasteiger partial charge in [0.25, 0.3) is 0 Å². The van der Waals surface area contributed by atoms with Crippen molar-refractivity contribution < 1.29 is 14.7 Å². The van der Waals surface area contributed by atoms with Crippen LogP contribution in [0, 0.1) is 9.49 Å². The molecular formula is C11H9BrINO3. The monoisotopic (exact) mass is 409 g/mol. The Morgan fingerprint density at radius 1 is 1.53 bits per heavy atom. The van der Waals surface area contributed by atoms with Gasteiger partial charge in [-0.15, -0.1) is 0 Å². The van der Waals surface area contributed by atoms with Crippen LogP contribution in [-0.4, -0.2) is 23.5 Å². The van der Waals surface area contributed by atoms with Crippen LogP contribution >= 0.6 is 38.5 Å². The predicted octanol–water partition coefficient (Wildman–Crippen LogP) is 2.49. The van der Waals surface area contributed by atoms with Crippen molar-refractivity contribution in [2.45, 2.75) is 6.42 Å². The molecule has 1 atom stereocenters. The molecule has 1 aromatic carbocycles. The topological polar surface area (TPSA) is 57.6 Å². The van der Waals surface area contributed by atoms with E-state index in [2.05, 4.69) is 38.5 Å². The molecule has 4 nitrogen and oxygen atoms in total. The summed E-state index contributed by atoms with van der Waals surface area (Å²) in [5.74, 6) is -1.66. The normalized spacial score (nSPS) is 19.8. The van der Waals surface area contributed by atoms with E-state index < -0.39 is 11.9 Å². The number of carboxylic acids is 1. The van der Waals surface area contributed by atoms with E-state index in [1.165, 1.54) is 4.90 Å². The van der Waals surface area contributed by atoms with Gasteiger partial charge in [0.1, 0.15) is 0 Å². The van der Waals surface area contributed by atoms with E-state index in [1.807, 2.05) is 18.2 Å². The number of hydrogen-bond acceptors (Lipinski definition) is 2. The van der Waals surface area contributed by atoms with Crippen molar-refractivity contribution in [1.82, 2.24) is 0 Å². The van der Waals surface area contributed by atoms with E-state index in [0.717, 1.165) is 13.7 Å². The molecule has 1 fully saturated rings. The summed E-state index contributed by atoms with van der Waals surface area (Å²) in [5, 5.41) is 8.92. The lowest BCUT2D eigenvalue weighted by atomic mass is 10.1. The van der Waals surface area contributed by atoms with Crippen molar-refractivity contribution in [3.63, 3.8) is 0 Å². The molecule has 17 heavy (non-hydrogen) atoms. The molecule has 0 saturated carbocycles. The van der Waals surface area contributed by atoms with Crippen LogP contribution in [0.5, 0.6) is 0 Å². The van der Waals surface area contributed by atoms with Crippen LogP contribution < -0.4 is 4.90 Å². The van der Waals surface area contributed by atoms with Crippen LogP contribution in [0.4, 0.5) is 5.69 Å². The number of carbonyl (C=O) groups is 2. The highest BCUT2D eigenvalue weighted by Crippen LogP contribution is 2.32. The van der Waals surface area contributed by atoms with Crippen molar-refractivity contribution in [1.29, 1.82) is 0 Å². The van der Waals surface area contributed by atoms with Crippen LogP contribution in [0.15, 0.2) is 22.7 Å². The highest BCUT2D eigenvalue weighted by Gasteiger charge is 2.35. The minimum atomic E-state index is -0.914. The van der Waals surface area contributed by atoms with Gasteiger partial charge >= 0.3 is 5.97 Å². The number of hydrogen-bond donors (Lipinski definition) is 1. The molecule has 1 saturated heterocycles. The SMILES string of the molecule is O=C(O)C1CC(=O)N(c2ccc(I)cc2Br)C1. The lowest BCUT2D eigenvalue weighted by Crippen LogP contribution is -2.26. The van der Waals surface area contributed by atoms with E-state index in [1.54, 1.807) is 0 Å². The summed E-state index contributed by atoms with van der Waals surface area (Å²) in [6, 6.07) is 5.62. The van der Waals surface area contributed by atoms with Crippen LogP contribution in [0.25, 0.3) is 0 Å². The number of benzene rings is 1. The Hall–Kier alpha value is -0.630. The Bertz CT molecular complexity index is 492. The summed E-state index contributed by atoms with van der Waals surface area (Å²) >= 11 is 5.57. The fraction of sp³-hybridized carbons (Fsp3) is 0.273. The van der Waals surface area contributed by atoms with Gasteiger partial charge in [0, 0.05) is 21.0 Å². The van der Waals surface area contributed by atoms with Crippen molar-refractivity contribution in [2.75, 3.05) is 11.4 Å². The summed E-state index contributed by atoms with van der Waals surface area (Å²) in [5.41, 5.74) is 0.735. The number of aliphatic carboxylic acids is 1. The molecule has 90 valence electrons. The van der Waals surface area contributed by atoms with Crippen LogP contribution in [-0.2, 0) is 9.59 Å². The first-order chi connectivity index (χ1) is 7.99. The Morgan fingerprint density at radius 2 is 2.24 bits per heavy atom. The van der Waals surface area contributed by atoms with Crippen molar-refractivity contribution >= 4 is 56.1 Å². The number of carboxylic acid groups (broad SMARTS) is 1. The highest BCUT2D eigenvalue weighted by molar-refractivity contribution is 14.1. The molecule has 1 amide bonds. The zero-order valence-electron chi connectivity index (χ0n) is 8.69. The minimum absolute atomic E-state index is 0.0771. The second kappa shape index (κ2) is 4.93. The maximum absolute atomic E-state index is 11.8. The van der Waals surface area contributed by atoms with E-state index >= 15 is 0 Å². The van der Waals surface area contributed by atoms with Crippen molar-refractivity contribution in [2.24, 2.45) is 5.92 Å². The zero-order chi connectivity index (χ0) is 12.6. The van der Waals surface area contributed by atoms with Gasteiger partial charge in [0.2, 0.25) is 5.91 Å². The average Bonchev–Trinajstić information content (AvgIpc) is 2.61. The zero-order valence-corrected chi connectivity index (χ0v) is 12.4. The number of halogens is 2. The van der Waals surface area contributed by atoms with E-state index in [0.29, 0.717) is 0 Å². The largest absolute Gasteiger partial charge is 0.481 e. The lowest BCUT2D eigenvalue weighted by Gasteiger charge is -2.17. The molecule has 1 heterocycles. The maximum atomic E-state index is 11.8. The smallest absolute Gasteiger partial charge is 0.308 e. The number of nitrogens with zero attached hydrogens (tertiary/aromatic N) is 1. The molecule has 1 unspecified atom stereocenters. The summed E-state index contributed by atoms with van der Waals surface area (Å²) in [6.07, 6.45) is 0.0771. The summed E-state index contributed by atoms with van der Waals surface area (Å²) in [7, 11) is 0. The van der Waals surface area contributed by atoms with Crippen LogP contribution in [0.2, 0.25) is 0 Å². The molecule has 1 N–H and O–H groups in total. The maximum Gasteiger partial charge on any atom is 0.308 e. The molecule has 0 radical (unpaired) electrons. The number of carbonyl (C=O) groups excluding carboxylic acids is 1. The lowest BCUT2D eigenvalue weighted by molar-refractivity contribution is -0.141. The Kier molecular flexibility index (Phi) is 3.72. The Balaban J connectivity index is 2.29. The van der Waals surface area contributed by atoms with Gasteiger partial charge in [0.05, 0.1) is 11.6 Å². The number of amides is 1. The molecule has 2 rings (SSSR count). The molecule has 1 aromatic rings. The van der Waals surface area contributed by atoms with E-state index in [9.17, 15) is 9.59 Å². The first-order valence-corrected chi connectivity index (χ1v) is 6.84. The van der Waals surface area contributed by atoms with Crippen molar-refractivity contribution in [3.8, 4) is 0 Å². The van der Waals surface area contributed by atoms with E-state index in [4.69, 9.17) is 5.11 Å². The third-order valence-electron chi connectivity index (χ3n) is 2.67. The molecule has 0 bridgehead atoms. The molecule has 1 aliphatic rings. The van der Waals surface area contributed by atoms with Gasteiger partial charge in [0.15, 0.2) is 0 Å². The second-order valence-electron chi connectivity index (χ2n) is 3.84. The fourth-order valence-corrected chi connectivity index (χ4v) is 3.32. The molecule has 6 heteroatoms. The van der Waals surface area contributed by atoms with Gasteiger partial charge < -0.3 is 10.0 Å².